The quantitative estimate of drug-likeness (QED) is 0.746. The first kappa shape index (κ1) is 16.2. The van der Waals surface area contributed by atoms with E-state index in [2.05, 4.69) is 26.1 Å². The van der Waals surface area contributed by atoms with Crippen LogP contribution < -0.4 is 5.32 Å². The van der Waals surface area contributed by atoms with E-state index in [0.717, 1.165) is 28.0 Å². The van der Waals surface area contributed by atoms with Crippen LogP contribution in [0.3, 0.4) is 0 Å². The second-order valence-electron chi connectivity index (χ2n) is 5.19. The van der Waals surface area contributed by atoms with E-state index in [-0.39, 0.29) is 6.04 Å². The molecule has 1 saturated heterocycles. The maximum Gasteiger partial charge on any atom is 0.0938 e. The van der Waals surface area contributed by atoms with Crippen LogP contribution in [0.4, 0.5) is 0 Å². The summed E-state index contributed by atoms with van der Waals surface area (Å²) in [5.74, 6) is 0. The monoisotopic (exact) mass is 362 g/mol. The Hall–Kier alpha value is -0.170. The van der Waals surface area contributed by atoms with Crippen molar-refractivity contribution in [2.45, 2.75) is 24.7 Å². The number of likely N-dealkylation sites (tertiary alicyclic amines) is 1. The molecule has 1 heterocycles. The third kappa shape index (κ3) is 3.93. The van der Waals surface area contributed by atoms with Crippen molar-refractivity contribution in [1.29, 1.82) is 0 Å². The molecule has 3 unspecified atom stereocenters. The van der Waals surface area contributed by atoms with Gasteiger partial charge in [0.25, 0.3) is 0 Å². The lowest BCUT2D eigenvalue weighted by atomic mass is 10.0. The van der Waals surface area contributed by atoms with Crippen LogP contribution in [0.2, 0.25) is 5.02 Å². The van der Waals surface area contributed by atoms with Gasteiger partial charge >= 0.3 is 0 Å². The van der Waals surface area contributed by atoms with E-state index in [1.54, 1.807) is 0 Å². The van der Waals surface area contributed by atoms with Crippen molar-refractivity contribution < 1.29 is 10.2 Å². The first-order chi connectivity index (χ1) is 9.51. The van der Waals surface area contributed by atoms with Crippen molar-refractivity contribution in [3.05, 3.63) is 33.3 Å². The molecule has 0 amide bonds. The zero-order chi connectivity index (χ0) is 14.7. The van der Waals surface area contributed by atoms with Gasteiger partial charge in [-0.15, -0.1) is 0 Å². The third-order valence-corrected chi connectivity index (χ3v) is 4.58. The summed E-state index contributed by atoms with van der Waals surface area (Å²) < 4.78 is 0.965. The summed E-state index contributed by atoms with van der Waals surface area (Å²) >= 11 is 9.69. The fourth-order valence-electron chi connectivity index (χ4n) is 2.58. The molecule has 1 aliphatic heterocycles. The number of β-amino-alcohol motifs (C(OH)–C–C–N with tert-alkyl or cyclic N) is 2. The van der Waals surface area contributed by atoms with Crippen LogP contribution in [0.25, 0.3) is 0 Å². The number of aliphatic hydroxyl groups is 2. The number of aliphatic hydroxyl groups excluding tert-OH is 2. The number of hydrogen-bond acceptors (Lipinski definition) is 4. The number of benzene rings is 1. The topological polar surface area (TPSA) is 55.7 Å². The molecule has 0 radical (unpaired) electrons. The highest BCUT2D eigenvalue weighted by atomic mass is 79.9. The van der Waals surface area contributed by atoms with E-state index in [1.165, 1.54) is 0 Å². The van der Waals surface area contributed by atoms with Crippen LogP contribution >= 0.6 is 27.5 Å². The molecule has 3 atom stereocenters. The summed E-state index contributed by atoms with van der Waals surface area (Å²) in [7, 11) is 1.91. The highest BCUT2D eigenvalue weighted by Gasteiger charge is 2.29. The fraction of sp³-hybridized carbons (Fsp3) is 0.571. The molecular formula is C14H20BrClN2O2. The molecule has 1 aliphatic rings. The van der Waals surface area contributed by atoms with E-state index >= 15 is 0 Å². The second kappa shape index (κ2) is 7.20. The van der Waals surface area contributed by atoms with Crippen molar-refractivity contribution >= 4 is 27.5 Å². The van der Waals surface area contributed by atoms with Gasteiger partial charge < -0.3 is 15.5 Å². The summed E-state index contributed by atoms with van der Waals surface area (Å²) in [4.78, 5) is 2.08. The summed E-state index contributed by atoms with van der Waals surface area (Å²) in [6.07, 6.45) is -0.379. The Balaban J connectivity index is 1.96. The number of nitrogens with one attached hydrogen (secondary N) is 1. The summed E-state index contributed by atoms with van der Waals surface area (Å²) in [6.45, 7) is 1.88. The average Bonchev–Trinajstić information content (AvgIpc) is 2.71. The van der Waals surface area contributed by atoms with Crippen LogP contribution in [-0.2, 0) is 0 Å². The van der Waals surface area contributed by atoms with Crippen molar-refractivity contribution in [1.82, 2.24) is 10.2 Å². The Labute approximate surface area is 132 Å². The maximum absolute atomic E-state index is 9.55. The molecule has 0 aromatic heterocycles. The van der Waals surface area contributed by atoms with E-state index < -0.39 is 12.2 Å². The summed E-state index contributed by atoms with van der Waals surface area (Å²) in [5.41, 5.74) is 1.07. The van der Waals surface area contributed by atoms with Crippen LogP contribution in [0.15, 0.2) is 22.7 Å². The number of halogens is 2. The van der Waals surface area contributed by atoms with Gasteiger partial charge in [0.2, 0.25) is 0 Å². The normalized spacial score (nSPS) is 25.1. The Kier molecular flexibility index (Phi) is 5.84. The predicted molar refractivity (Wildman–Crippen MR) is 84.0 cm³/mol. The zero-order valence-corrected chi connectivity index (χ0v) is 13.7. The second-order valence-corrected chi connectivity index (χ2v) is 6.51. The molecule has 1 aromatic carbocycles. The van der Waals surface area contributed by atoms with Gasteiger partial charge in [-0.1, -0.05) is 33.6 Å². The minimum atomic E-state index is -0.626. The van der Waals surface area contributed by atoms with Crippen LogP contribution in [0.1, 0.15) is 18.0 Å². The Bertz CT molecular complexity index is 451. The highest BCUT2D eigenvalue weighted by molar-refractivity contribution is 9.10. The minimum Gasteiger partial charge on any atom is -0.389 e. The molecular weight excluding hydrogens is 344 g/mol. The minimum absolute atomic E-state index is 0.158. The van der Waals surface area contributed by atoms with Gasteiger partial charge in [0, 0.05) is 35.2 Å². The Morgan fingerprint density at radius 1 is 1.40 bits per heavy atom. The molecule has 0 saturated carbocycles. The maximum atomic E-state index is 9.55. The Morgan fingerprint density at radius 3 is 2.60 bits per heavy atom. The van der Waals surface area contributed by atoms with Crippen molar-refractivity contribution in [3.63, 3.8) is 0 Å². The molecule has 1 fully saturated rings. The van der Waals surface area contributed by atoms with Gasteiger partial charge in [0.05, 0.1) is 12.2 Å². The van der Waals surface area contributed by atoms with Crippen molar-refractivity contribution in [2.75, 3.05) is 26.7 Å². The molecule has 112 valence electrons. The van der Waals surface area contributed by atoms with Crippen LogP contribution in [-0.4, -0.2) is 54.0 Å². The van der Waals surface area contributed by atoms with Gasteiger partial charge in [0.1, 0.15) is 0 Å². The van der Waals surface area contributed by atoms with Gasteiger partial charge in [-0.3, -0.25) is 4.90 Å². The number of nitrogens with zero attached hydrogens (tertiary/aromatic N) is 1. The fourth-order valence-corrected chi connectivity index (χ4v) is 3.39. The third-order valence-electron chi connectivity index (χ3n) is 3.76. The summed E-state index contributed by atoms with van der Waals surface area (Å²) in [5, 5.41) is 23.1. The molecule has 20 heavy (non-hydrogen) atoms. The van der Waals surface area contributed by atoms with Crippen LogP contribution in [0.5, 0.6) is 0 Å². The van der Waals surface area contributed by atoms with Gasteiger partial charge in [-0.05, 0) is 31.2 Å². The van der Waals surface area contributed by atoms with E-state index in [4.69, 9.17) is 11.6 Å². The van der Waals surface area contributed by atoms with Crippen molar-refractivity contribution in [2.24, 2.45) is 0 Å². The summed E-state index contributed by atoms with van der Waals surface area (Å²) in [6, 6.07) is 6.05. The van der Waals surface area contributed by atoms with E-state index in [9.17, 15) is 10.2 Å². The molecule has 0 aliphatic carbocycles. The standard InChI is InChI=1S/C14H20BrClN2O2/c1-17-12(10-3-2-9(15)6-11(10)16)4-5-18-7-13(19)14(20)8-18/h2-3,6,12-14,17,19-20H,4-5,7-8H2,1H3. The van der Waals surface area contributed by atoms with E-state index in [0.29, 0.717) is 13.1 Å². The lowest BCUT2D eigenvalue weighted by molar-refractivity contribution is 0.0572. The van der Waals surface area contributed by atoms with Gasteiger partial charge in [-0.2, -0.15) is 0 Å². The molecule has 0 bridgehead atoms. The smallest absolute Gasteiger partial charge is 0.0938 e. The van der Waals surface area contributed by atoms with E-state index in [1.807, 2.05) is 25.2 Å². The molecule has 6 heteroatoms. The number of rotatable bonds is 5. The lowest BCUT2D eigenvalue weighted by Crippen LogP contribution is -2.27. The van der Waals surface area contributed by atoms with Gasteiger partial charge in [-0.25, -0.2) is 0 Å². The number of hydrogen-bond donors (Lipinski definition) is 3. The highest BCUT2D eigenvalue weighted by Crippen LogP contribution is 2.28. The average molecular weight is 364 g/mol. The Morgan fingerprint density at radius 2 is 2.05 bits per heavy atom. The molecule has 4 nitrogen and oxygen atoms in total. The zero-order valence-electron chi connectivity index (χ0n) is 11.4. The van der Waals surface area contributed by atoms with Crippen molar-refractivity contribution in [3.8, 4) is 0 Å². The lowest BCUT2D eigenvalue weighted by Gasteiger charge is -2.22. The van der Waals surface area contributed by atoms with Crippen LogP contribution in [0, 0.1) is 0 Å². The first-order valence-electron chi connectivity index (χ1n) is 6.72. The molecule has 1 aromatic rings. The van der Waals surface area contributed by atoms with Gasteiger partial charge in [0.15, 0.2) is 0 Å². The SMILES string of the molecule is CNC(CCN1CC(O)C(O)C1)c1ccc(Br)cc1Cl. The largest absolute Gasteiger partial charge is 0.389 e. The molecule has 3 N–H and O–H groups in total. The first-order valence-corrected chi connectivity index (χ1v) is 7.89. The molecule has 0 spiro atoms. The molecule has 2 rings (SSSR count). The predicted octanol–water partition coefficient (Wildman–Crippen LogP) is 1.79.